The third kappa shape index (κ3) is 2.23. The summed E-state index contributed by atoms with van der Waals surface area (Å²) >= 11 is 18.0. The third-order valence-corrected chi connectivity index (χ3v) is 5.58. The van der Waals surface area contributed by atoms with Crippen molar-refractivity contribution >= 4 is 34.8 Å². The highest BCUT2D eigenvalue weighted by molar-refractivity contribution is 6.21. The van der Waals surface area contributed by atoms with Crippen LogP contribution in [0.2, 0.25) is 0 Å². The molecule has 21 heavy (non-hydrogen) atoms. The highest BCUT2D eigenvalue weighted by atomic mass is 35.5. The standard InChI is InChI=1S/C12H15Cl3O6/c13-1-4-8-10(19-8)12(3-14,20-4)21-11-7(16)9-6(15)5(18-11)2-17-9/h4-11,16H,1-3H2/t4-,5-,6+,7-,8+,9+,10+,11-,12+/m1/s1. The molecular formula is C12H15Cl3O6. The van der Waals surface area contributed by atoms with Crippen molar-refractivity contribution in [1.82, 2.24) is 0 Å². The van der Waals surface area contributed by atoms with Crippen LogP contribution in [-0.2, 0) is 23.7 Å². The fraction of sp³-hybridized carbons (Fsp3) is 1.00. The van der Waals surface area contributed by atoms with Gasteiger partial charge in [0.1, 0.15) is 36.6 Å². The molecule has 0 aromatic heterocycles. The first kappa shape index (κ1) is 15.2. The van der Waals surface area contributed by atoms with Gasteiger partial charge in [0.2, 0.25) is 5.79 Å². The molecule has 0 aromatic carbocycles. The van der Waals surface area contributed by atoms with Gasteiger partial charge in [-0.15, -0.1) is 34.8 Å². The third-order valence-electron chi connectivity index (χ3n) is 4.38. The van der Waals surface area contributed by atoms with Crippen LogP contribution in [0.3, 0.4) is 0 Å². The van der Waals surface area contributed by atoms with E-state index in [4.69, 9.17) is 58.5 Å². The van der Waals surface area contributed by atoms with Crippen LogP contribution in [-0.4, -0.2) is 77.6 Å². The van der Waals surface area contributed by atoms with Crippen LogP contribution in [0.15, 0.2) is 0 Å². The number of ether oxygens (including phenoxy) is 5. The van der Waals surface area contributed by atoms with Crippen molar-refractivity contribution in [2.45, 2.75) is 54.1 Å². The molecule has 2 bridgehead atoms. The topological polar surface area (TPSA) is 69.7 Å². The first-order valence-corrected chi connectivity index (χ1v) is 8.32. The lowest BCUT2D eigenvalue weighted by molar-refractivity contribution is -0.342. The van der Waals surface area contributed by atoms with Gasteiger partial charge in [0.15, 0.2) is 6.29 Å². The van der Waals surface area contributed by atoms with Gasteiger partial charge in [-0.3, -0.25) is 0 Å². The van der Waals surface area contributed by atoms with Crippen molar-refractivity contribution in [2.24, 2.45) is 0 Å². The second-order valence-corrected chi connectivity index (χ2v) is 6.75. The molecule has 1 N–H and O–H groups in total. The number of aliphatic hydroxyl groups is 1. The second-order valence-electron chi connectivity index (χ2n) is 5.67. The van der Waals surface area contributed by atoms with Crippen molar-refractivity contribution in [3.8, 4) is 0 Å². The molecule has 4 aliphatic rings. The Hall–Kier alpha value is 0.630. The molecular weight excluding hydrogens is 346 g/mol. The highest BCUT2D eigenvalue weighted by Crippen LogP contribution is 2.49. The number of fused-ring (bicyclic) bond motifs is 3. The monoisotopic (exact) mass is 360 g/mol. The predicted molar refractivity (Wildman–Crippen MR) is 72.8 cm³/mol. The number of hydrogen-bond donors (Lipinski definition) is 1. The minimum absolute atomic E-state index is 0.0502. The van der Waals surface area contributed by atoms with Crippen LogP contribution in [0.1, 0.15) is 0 Å². The molecule has 0 saturated carbocycles. The van der Waals surface area contributed by atoms with Crippen LogP contribution in [0.4, 0.5) is 0 Å². The minimum atomic E-state index is -1.16. The van der Waals surface area contributed by atoms with E-state index in [1.807, 2.05) is 0 Å². The number of epoxide rings is 1. The Kier molecular flexibility index (Phi) is 3.85. The molecule has 4 heterocycles. The van der Waals surface area contributed by atoms with E-state index < -0.39 is 29.7 Å². The molecule has 4 rings (SSSR count). The second kappa shape index (κ2) is 5.33. The molecule has 120 valence electrons. The van der Waals surface area contributed by atoms with Crippen molar-refractivity contribution < 1.29 is 28.8 Å². The summed E-state index contributed by atoms with van der Waals surface area (Å²) in [4.78, 5) is 0. The van der Waals surface area contributed by atoms with Gasteiger partial charge in [0, 0.05) is 0 Å². The molecule has 6 nitrogen and oxygen atoms in total. The molecule has 4 saturated heterocycles. The average molecular weight is 362 g/mol. The van der Waals surface area contributed by atoms with Crippen molar-refractivity contribution in [3.63, 3.8) is 0 Å². The number of hydrogen-bond acceptors (Lipinski definition) is 6. The van der Waals surface area contributed by atoms with Crippen LogP contribution in [0.25, 0.3) is 0 Å². The zero-order chi connectivity index (χ0) is 14.8. The van der Waals surface area contributed by atoms with Crippen LogP contribution in [0, 0.1) is 0 Å². The Labute approximate surface area is 136 Å². The summed E-state index contributed by atoms with van der Waals surface area (Å²) in [5, 5.41) is 9.90. The Morgan fingerprint density at radius 1 is 1.24 bits per heavy atom. The largest absolute Gasteiger partial charge is 0.385 e. The summed E-state index contributed by atoms with van der Waals surface area (Å²) in [7, 11) is 0. The zero-order valence-corrected chi connectivity index (χ0v) is 13.1. The molecule has 0 radical (unpaired) electrons. The molecule has 4 aliphatic heterocycles. The Morgan fingerprint density at radius 2 is 2.05 bits per heavy atom. The predicted octanol–water partition coefficient (Wildman–Crippen LogP) is 0.435. The molecule has 9 heteroatoms. The van der Waals surface area contributed by atoms with Crippen LogP contribution in [0.5, 0.6) is 0 Å². The molecule has 0 aromatic rings. The van der Waals surface area contributed by atoms with Gasteiger partial charge in [0.25, 0.3) is 0 Å². The van der Waals surface area contributed by atoms with Crippen LogP contribution < -0.4 is 0 Å². The van der Waals surface area contributed by atoms with Gasteiger partial charge in [-0.1, -0.05) is 0 Å². The van der Waals surface area contributed by atoms with E-state index in [1.54, 1.807) is 0 Å². The first-order chi connectivity index (χ1) is 10.1. The van der Waals surface area contributed by atoms with Gasteiger partial charge in [0.05, 0.1) is 23.7 Å². The average Bonchev–Trinajstić information content (AvgIpc) is 3.16. The molecule has 4 fully saturated rings. The van der Waals surface area contributed by atoms with Gasteiger partial charge < -0.3 is 28.8 Å². The molecule has 0 amide bonds. The van der Waals surface area contributed by atoms with Gasteiger partial charge in [-0.2, -0.15) is 0 Å². The highest BCUT2D eigenvalue weighted by Gasteiger charge is 2.68. The lowest BCUT2D eigenvalue weighted by atomic mass is 10.0. The number of aliphatic hydroxyl groups excluding tert-OH is 1. The van der Waals surface area contributed by atoms with Gasteiger partial charge in [-0.25, -0.2) is 0 Å². The summed E-state index contributed by atoms with van der Waals surface area (Å²) in [5.74, 6) is -0.819. The number of halogens is 3. The molecule has 0 aliphatic carbocycles. The molecule has 0 unspecified atom stereocenters. The van der Waals surface area contributed by atoms with E-state index in [1.165, 1.54) is 0 Å². The molecule has 0 spiro atoms. The first-order valence-electron chi connectivity index (χ1n) is 6.82. The maximum Gasteiger partial charge on any atom is 0.214 e. The Balaban J connectivity index is 1.50. The number of alkyl halides is 3. The quantitative estimate of drug-likeness (QED) is 0.579. The van der Waals surface area contributed by atoms with E-state index in [0.29, 0.717) is 6.61 Å². The van der Waals surface area contributed by atoms with Crippen molar-refractivity contribution in [1.29, 1.82) is 0 Å². The number of rotatable bonds is 4. The fourth-order valence-corrected chi connectivity index (χ4v) is 4.08. The van der Waals surface area contributed by atoms with Crippen LogP contribution >= 0.6 is 34.8 Å². The fourth-order valence-electron chi connectivity index (χ4n) is 3.21. The summed E-state index contributed by atoms with van der Waals surface area (Å²) in [6, 6.07) is 0. The summed E-state index contributed by atoms with van der Waals surface area (Å²) in [5.41, 5.74) is 0. The lowest BCUT2D eigenvalue weighted by Gasteiger charge is -2.39. The normalized spacial score (nSPS) is 58.3. The SMILES string of the molecule is O[C@H]1[C@@H](O[C@]2(CCl)O[C@H](CCl)[C@@H]3O[C@@H]32)O[C@@H]2CO[C@H]1[C@H]2Cl. The van der Waals surface area contributed by atoms with E-state index >= 15 is 0 Å². The Morgan fingerprint density at radius 3 is 2.71 bits per heavy atom. The summed E-state index contributed by atoms with van der Waals surface area (Å²) in [6.07, 6.45) is -3.46. The van der Waals surface area contributed by atoms with Crippen molar-refractivity contribution in [2.75, 3.05) is 18.4 Å². The van der Waals surface area contributed by atoms with E-state index in [9.17, 15) is 5.11 Å². The van der Waals surface area contributed by atoms with Gasteiger partial charge >= 0.3 is 0 Å². The summed E-state index contributed by atoms with van der Waals surface area (Å²) < 4.78 is 28.3. The minimum Gasteiger partial charge on any atom is -0.385 e. The zero-order valence-electron chi connectivity index (χ0n) is 10.9. The maximum atomic E-state index is 10.3. The van der Waals surface area contributed by atoms with Gasteiger partial charge in [-0.05, 0) is 0 Å². The van der Waals surface area contributed by atoms with E-state index in [-0.39, 0.29) is 36.2 Å². The Bertz CT molecular complexity index is 428. The smallest absolute Gasteiger partial charge is 0.214 e. The van der Waals surface area contributed by atoms with Crippen molar-refractivity contribution in [3.05, 3.63) is 0 Å². The van der Waals surface area contributed by atoms with E-state index in [0.717, 1.165) is 0 Å². The maximum absolute atomic E-state index is 10.3. The molecule has 9 atom stereocenters. The van der Waals surface area contributed by atoms with E-state index in [2.05, 4.69) is 0 Å². The summed E-state index contributed by atoms with van der Waals surface area (Å²) in [6.45, 7) is 0.331. The lowest BCUT2D eigenvalue weighted by Crippen LogP contribution is -2.56.